The Balaban J connectivity index is 1.64. The van der Waals surface area contributed by atoms with E-state index in [-0.39, 0.29) is 11.8 Å². The number of aromatic amines is 1. The number of aromatic nitrogens is 1. The minimum absolute atomic E-state index is 0.0106. The molecule has 1 amide bonds. The fourth-order valence-electron chi connectivity index (χ4n) is 3.52. The molecule has 0 spiro atoms. The predicted molar refractivity (Wildman–Crippen MR) is 120 cm³/mol. The van der Waals surface area contributed by atoms with Crippen molar-refractivity contribution < 1.29 is 9.53 Å². The second-order valence-electron chi connectivity index (χ2n) is 6.83. The summed E-state index contributed by atoms with van der Waals surface area (Å²) in [6.45, 7) is 0.489. The number of para-hydroxylation sites is 1. The van der Waals surface area contributed by atoms with Crippen molar-refractivity contribution in [2.24, 2.45) is 0 Å². The molecule has 0 radical (unpaired) electrons. The van der Waals surface area contributed by atoms with E-state index >= 15 is 0 Å². The number of amides is 1. The van der Waals surface area contributed by atoms with Crippen LogP contribution in [0.3, 0.4) is 0 Å². The number of ether oxygens (including phenoxy) is 1. The van der Waals surface area contributed by atoms with Crippen molar-refractivity contribution in [2.75, 3.05) is 13.7 Å². The highest BCUT2D eigenvalue weighted by Crippen LogP contribution is 2.31. The Labute approximate surface area is 178 Å². The van der Waals surface area contributed by atoms with Gasteiger partial charge in [0, 0.05) is 39.6 Å². The van der Waals surface area contributed by atoms with Crippen molar-refractivity contribution in [3.63, 3.8) is 0 Å². The molecule has 29 heavy (non-hydrogen) atoms. The first-order valence-electron chi connectivity index (χ1n) is 9.39. The molecular weight excluding hydrogens is 428 g/mol. The summed E-state index contributed by atoms with van der Waals surface area (Å²) in [6, 6.07) is 23.6. The van der Waals surface area contributed by atoms with Gasteiger partial charge in [-0.3, -0.25) is 4.79 Å². The van der Waals surface area contributed by atoms with Crippen LogP contribution in [0.15, 0.2) is 83.5 Å². The van der Waals surface area contributed by atoms with Crippen molar-refractivity contribution >= 4 is 32.7 Å². The standard InChI is InChI=1S/C24H21BrN2O2/c1-29-19-12-8-16(9-13-19)21(22-15-26-23-5-3-2-4-20(22)23)14-27-24(28)17-6-10-18(25)11-7-17/h2-13,15,21,26H,14H2,1H3,(H,27,28)/t21-/m1/s1. The van der Waals surface area contributed by atoms with E-state index in [0.717, 1.165) is 32.3 Å². The van der Waals surface area contributed by atoms with Gasteiger partial charge < -0.3 is 15.0 Å². The lowest BCUT2D eigenvalue weighted by Crippen LogP contribution is -2.28. The number of rotatable bonds is 6. The first kappa shape index (κ1) is 19.3. The molecule has 0 aliphatic heterocycles. The van der Waals surface area contributed by atoms with Crippen LogP contribution in [-0.4, -0.2) is 24.5 Å². The first-order valence-corrected chi connectivity index (χ1v) is 10.2. The summed E-state index contributed by atoms with van der Waals surface area (Å²) < 4.78 is 6.24. The fourth-order valence-corrected chi connectivity index (χ4v) is 3.79. The zero-order valence-electron chi connectivity index (χ0n) is 16.0. The second-order valence-corrected chi connectivity index (χ2v) is 7.75. The number of hydrogen-bond donors (Lipinski definition) is 2. The molecule has 3 aromatic carbocycles. The number of H-pyrrole nitrogens is 1. The number of carbonyl (C=O) groups excluding carboxylic acids is 1. The van der Waals surface area contributed by atoms with Crippen LogP contribution in [-0.2, 0) is 0 Å². The Bertz CT molecular complexity index is 1120. The Hall–Kier alpha value is -3.05. The molecule has 4 rings (SSSR count). The molecule has 5 heteroatoms. The Morgan fingerprint density at radius 2 is 1.76 bits per heavy atom. The van der Waals surface area contributed by atoms with Gasteiger partial charge in [-0.05, 0) is 53.6 Å². The molecule has 146 valence electrons. The van der Waals surface area contributed by atoms with Crippen LogP contribution in [0.25, 0.3) is 10.9 Å². The summed E-state index contributed by atoms with van der Waals surface area (Å²) in [6.07, 6.45) is 2.03. The van der Waals surface area contributed by atoms with Crippen molar-refractivity contribution in [1.29, 1.82) is 0 Å². The van der Waals surface area contributed by atoms with Crippen LogP contribution in [0.2, 0.25) is 0 Å². The molecule has 4 aromatic rings. The summed E-state index contributed by atoms with van der Waals surface area (Å²) in [5.41, 5.74) is 3.99. The number of benzene rings is 3. The lowest BCUT2D eigenvalue weighted by atomic mass is 9.90. The maximum atomic E-state index is 12.7. The molecule has 0 aliphatic carbocycles. The van der Waals surface area contributed by atoms with E-state index in [1.807, 2.05) is 54.7 Å². The minimum Gasteiger partial charge on any atom is -0.497 e. The van der Waals surface area contributed by atoms with Crippen LogP contribution in [0.1, 0.15) is 27.4 Å². The summed E-state index contributed by atoms with van der Waals surface area (Å²) >= 11 is 3.40. The zero-order chi connectivity index (χ0) is 20.2. The molecule has 0 saturated heterocycles. The van der Waals surface area contributed by atoms with Crippen LogP contribution in [0.5, 0.6) is 5.75 Å². The summed E-state index contributed by atoms with van der Waals surface area (Å²) in [5, 5.41) is 4.26. The SMILES string of the molecule is COc1ccc([C@@H](CNC(=O)c2ccc(Br)cc2)c2c[nH]c3ccccc23)cc1. The first-order chi connectivity index (χ1) is 14.2. The molecule has 1 aromatic heterocycles. The minimum atomic E-state index is -0.0872. The van der Waals surface area contributed by atoms with Gasteiger partial charge in [0.15, 0.2) is 0 Å². The molecule has 0 aliphatic rings. The molecule has 1 atom stereocenters. The zero-order valence-corrected chi connectivity index (χ0v) is 17.6. The summed E-state index contributed by atoms with van der Waals surface area (Å²) in [7, 11) is 1.66. The van der Waals surface area contributed by atoms with E-state index in [9.17, 15) is 4.79 Å². The maximum absolute atomic E-state index is 12.7. The normalized spacial score (nSPS) is 11.9. The van der Waals surface area contributed by atoms with Gasteiger partial charge in [-0.15, -0.1) is 0 Å². The van der Waals surface area contributed by atoms with Crippen molar-refractivity contribution in [3.05, 3.63) is 100 Å². The van der Waals surface area contributed by atoms with Gasteiger partial charge in [-0.25, -0.2) is 0 Å². The maximum Gasteiger partial charge on any atom is 0.251 e. The number of hydrogen-bond acceptors (Lipinski definition) is 2. The van der Waals surface area contributed by atoms with Gasteiger partial charge in [-0.2, -0.15) is 0 Å². The average molecular weight is 449 g/mol. The number of nitrogens with one attached hydrogen (secondary N) is 2. The number of methoxy groups -OCH3 is 1. The number of fused-ring (bicyclic) bond motifs is 1. The van der Waals surface area contributed by atoms with Crippen LogP contribution < -0.4 is 10.1 Å². The Morgan fingerprint density at radius 1 is 1.03 bits per heavy atom. The molecule has 0 bridgehead atoms. The van der Waals surface area contributed by atoms with Gasteiger partial charge in [-0.1, -0.05) is 46.3 Å². The van der Waals surface area contributed by atoms with Crippen molar-refractivity contribution in [3.8, 4) is 5.75 Å². The molecule has 0 saturated carbocycles. The smallest absolute Gasteiger partial charge is 0.251 e. The van der Waals surface area contributed by atoms with Gasteiger partial charge in [0.2, 0.25) is 0 Å². The molecule has 2 N–H and O–H groups in total. The highest BCUT2D eigenvalue weighted by Gasteiger charge is 2.19. The van der Waals surface area contributed by atoms with Crippen molar-refractivity contribution in [1.82, 2.24) is 10.3 Å². The lowest BCUT2D eigenvalue weighted by molar-refractivity contribution is 0.0952. The molecule has 0 fully saturated rings. The van der Waals surface area contributed by atoms with Crippen LogP contribution in [0.4, 0.5) is 0 Å². The predicted octanol–water partition coefficient (Wildman–Crippen LogP) is 5.50. The van der Waals surface area contributed by atoms with Gasteiger partial charge >= 0.3 is 0 Å². The molecule has 1 heterocycles. The highest BCUT2D eigenvalue weighted by atomic mass is 79.9. The average Bonchev–Trinajstić information content (AvgIpc) is 3.19. The van der Waals surface area contributed by atoms with Crippen molar-refractivity contribution in [2.45, 2.75) is 5.92 Å². The number of halogens is 1. The van der Waals surface area contributed by atoms with E-state index in [2.05, 4.69) is 50.5 Å². The van der Waals surface area contributed by atoms with E-state index in [4.69, 9.17) is 4.74 Å². The number of carbonyl (C=O) groups is 1. The highest BCUT2D eigenvalue weighted by molar-refractivity contribution is 9.10. The van der Waals surface area contributed by atoms with Crippen LogP contribution in [0, 0.1) is 0 Å². The monoisotopic (exact) mass is 448 g/mol. The van der Waals surface area contributed by atoms with E-state index in [1.165, 1.54) is 0 Å². The van der Waals surface area contributed by atoms with Gasteiger partial charge in [0.25, 0.3) is 5.91 Å². The third-order valence-electron chi connectivity index (χ3n) is 5.09. The molecular formula is C24H21BrN2O2. The third-order valence-corrected chi connectivity index (χ3v) is 5.62. The largest absolute Gasteiger partial charge is 0.497 e. The quantitative estimate of drug-likeness (QED) is 0.409. The third kappa shape index (κ3) is 4.20. The molecule has 4 nitrogen and oxygen atoms in total. The van der Waals surface area contributed by atoms with Gasteiger partial charge in [0.05, 0.1) is 7.11 Å². The fraction of sp³-hybridized carbons (Fsp3) is 0.125. The Kier molecular flexibility index (Phi) is 5.67. The Morgan fingerprint density at radius 3 is 2.48 bits per heavy atom. The summed E-state index contributed by atoms with van der Waals surface area (Å²) in [4.78, 5) is 16.0. The van der Waals surface area contributed by atoms with E-state index in [0.29, 0.717) is 12.1 Å². The lowest BCUT2D eigenvalue weighted by Gasteiger charge is -2.19. The second kappa shape index (κ2) is 8.53. The van der Waals surface area contributed by atoms with E-state index in [1.54, 1.807) is 7.11 Å². The topological polar surface area (TPSA) is 54.1 Å². The van der Waals surface area contributed by atoms with Gasteiger partial charge in [0.1, 0.15) is 5.75 Å². The summed E-state index contributed by atoms with van der Waals surface area (Å²) in [5.74, 6) is 0.734. The van der Waals surface area contributed by atoms with Crippen LogP contribution >= 0.6 is 15.9 Å². The molecule has 0 unspecified atom stereocenters. The van der Waals surface area contributed by atoms with E-state index < -0.39 is 0 Å².